The van der Waals surface area contributed by atoms with Gasteiger partial charge in [-0.15, -0.1) is 11.3 Å². The Balaban J connectivity index is 2.01. The third kappa shape index (κ3) is 2.49. The first-order valence-corrected chi connectivity index (χ1v) is 9.10. The lowest BCUT2D eigenvalue weighted by Crippen LogP contribution is -1.88. The number of aromatic nitrogens is 2. The van der Waals surface area contributed by atoms with Crippen molar-refractivity contribution < 1.29 is 0 Å². The summed E-state index contributed by atoms with van der Waals surface area (Å²) >= 11 is 1.80. The summed E-state index contributed by atoms with van der Waals surface area (Å²) in [5.41, 5.74) is 7.18. The molecule has 0 unspecified atom stereocenters. The minimum atomic E-state index is 0.532. The van der Waals surface area contributed by atoms with Crippen molar-refractivity contribution in [1.82, 2.24) is 9.97 Å². The number of thiophene rings is 1. The summed E-state index contributed by atoms with van der Waals surface area (Å²) in [6.07, 6.45) is 1.69. The van der Waals surface area contributed by atoms with Crippen molar-refractivity contribution in [2.75, 3.05) is 0 Å². The molecule has 0 saturated carbocycles. The Morgan fingerprint density at radius 2 is 1.67 bits per heavy atom. The van der Waals surface area contributed by atoms with E-state index in [1.54, 1.807) is 17.7 Å². The molecule has 0 amide bonds. The van der Waals surface area contributed by atoms with Crippen LogP contribution in [0.5, 0.6) is 0 Å². The number of hydrogen-bond donors (Lipinski definition) is 0. The van der Waals surface area contributed by atoms with E-state index >= 15 is 0 Å². The van der Waals surface area contributed by atoms with Gasteiger partial charge in [0.15, 0.2) is 0 Å². The van der Waals surface area contributed by atoms with Crippen molar-refractivity contribution >= 4 is 31.6 Å². The SMILES string of the molecule is Cc1cc(C)cc(-c2ncnc3c2sc2cc(C(C)C)ccc23)c1. The fraction of sp³-hybridized carbons (Fsp3) is 0.238. The zero-order chi connectivity index (χ0) is 16.8. The topological polar surface area (TPSA) is 25.8 Å². The summed E-state index contributed by atoms with van der Waals surface area (Å²) in [7, 11) is 0. The normalized spacial score (nSPS) is 11.7. The van der Waals surface area contributed by atoms with Crippen LogP contribution in [0, 0.1) is 13.8 Å². The molecule has 3 heteroatoms. The van der Waals surface area contributed by atoms with E-state index in [0.717, 1.165) is 11.2 Å². The van der Waals surface area contributed by atoms with Gasteiger partial charge in [0.2, 0.25) is 0 Å². The molecule has 24 heavy (non-hydrogen) atoms. The highest BCUT2D eigenvalue weighted by Crippen LogP contribution is 2.38. The molecule has 4 rings (SSSR count). The van der Waals surface area contributed by atoms with Crippen molar-refractivity contribution in [1.29, 1.82) is 0 Å². The molecule has 0 atom stereocenters. The fourth-order valence-corrected chi connectivity index (χ4v) is 4.48. The number of aryl methyl sites for hydroxylation is 2. The van der Waals surface area contributed by atoms with Crippen molar-refractivity contribution in [2.24, 2.45) is 0 Å². The standard InChI is InChI=1S/C21H20N2S/c1-12(2)15-5-6-17-18(10-15)24-21-19(22-11-23-20(17)21)16-8-13(3)7-14(4)9-16/h5-12H,1-4H3. The third-order valence-electron chi connectivity index (χ3n) is 4.44. The minimum absolute atomic E-state index is 0.532. The molecule has 120 valence electrons. The largest absolute Gasteiger partial charge is 0.235 e. The van der Waals surface area contributed by atoms with Crippen LogP contribution in [0.2, 0.25) is 0 Å². The van der Waals surface area contributed by atoms with Crippen molar-refractivity contribution in [2.45, 2.75) is 33.6 Å². The lowest BCUT2D eigenvalue weighted by atomic mass is 10.0. The molecule has 2 heterocycles. The van der Waals surface area contributed by atoms with Crippen LogP contribution >= 0.6 is 11.3 Å². The van der Waals surface area contributed by atoms with Gasteiger partial charge in [-0.1, -0.05) is 43.2 Å². The van der Waals surface area contributed by atoms with Crippen LogP contribution in [0.25, 0.3) is 31.6 Å². The number of benzene rings is 2. The molecule has 2 nitrogen and oxygen atoms in total. The van der Waals surface area contributed by atoms with Gasteiger partial charge in [-0.05, 0) is 43.5 Å². The lowest BCUT2D eigenvalue weighted by Gasteiger charge is -2.05. The first kappa shape index (κ1) is 15.3. The second-order valence-electron chi connectivity index (χ2n) is 6.79. The van der Waals surface area contributed by atoms with E-state index in [0.29, 0.717) is 5.92 Å². The quantitative estimate of drug-likeness (QED) is 0.433. The van der Waals surface area contributed by atoms with Crippen LogP contribution in [-0.4, -0.2) is 9.97 Å². The molecule has 0 aliphatic heterocycles. The number of nitrogens with zero attached hydrogens (tertiary/aromatic N) is 2. The molecule has 0 N–H and O–H groups in total. The van der Waals surface area contributed by atoms with Gasteiger partial charge in [0, 0.05) is 15.6 Å². The molecule has 0 bridgehead atoms. The summed E-state index contributed by atoms with van der Waals surface area (Å²) in [6.45, 7) is 8.73. The van der Waals surface area contributed by atoms with E-state index in [9.17, 15) is 0 Å². The van der Waals surface area contributed by atoms with Crippen LogP contribution in [0.4, 0.5) is 0 Å². The third-order valence-corrected chi connectivity index (χ3v) is 5.59. The van der Waals surface area contributed by atoms with Gasteiger partial charge in [0.1, 0.15) is 6.33 Å². The highest BCUT2D eigenvalue weighted by Gasteiger charge is 2.14. The van der Waals surface area contributed by atoms with Gasteiger partial charge in [-0.25, -0.2) is 9.97 Å². The zero-order valence-electron chi connectivity index (χ0n) is 14.4. The smallest absolute Gasteiger partial charge is 0.116 e. The number of fused-ring (bicyclic) bond motifs is 3. The molecule has 2 aromatic heterocycles. The molecule has 0 fully saturated rings. The Hall–Kier alpha value is -2.26. The van der Waals surface area contributed by atoms with Crippen molar-refractivity contribution in [3.8, 4) is 11.3 Å². The van der Waals surface area contributed by atoms with E-state index in [4.69, 9.17) is 0 Å². The number of hydrogen-bond acceptors (Lipinski definition) is 3. The molecular weight excluding hydrogens is 312 g/mol. The van der Waals surface area contributed by atoms with Crippen LogP contribution in [0.1, 0.15) is 36.5 Å². The van der Waals surface area contributed by atoms with Gasteiger partial charge in [-0.2, -0.15) is 0 Å². The summed E-state index contributed by atoms with van der Waals surface area (Å²) in [5, 5.41) is 1.23. The Kier molecular flexibility index (Phi) is 3.61. The Bertz CT molecular complexity index is 1040. The highest BCUT2D eigenvalue weighted by atomic mass is 32.1. The van der Waals surface area contributed by atoms with Crippen molar-refractivity contribution in [3.63, 3.8) is 0 Å². The van der Waals surface area contributed by atoms with Gasteiger partial charge in [0.05, 0.1) is 15.9 Å². The predicted octanol–water partition coefficient (Wildman–Crippen LogP) is 6.25. The van der Waals surface area contributed by atoms with Gasteiger partial charge < -0.3 is 0 Å². The van der Waals surface area contributed by atoms with Gasteiger partial charge in [0.25, 0.3) is 0 Å². The lowest BCUT2D eigenvalue weighted by molar-refractivity contribution is 0.869. The predicted molar refractivity (Wildman–Crippen MR) is 104 cm³/mol. The Morgan fingerprint density at radius 3 is 2.38 bits per heavy atom. The van der Waals surface area contributed by atoms with E-state index < -0.39 is 0 Å². The first-order chi connectivity index (χ1) is 11.5. The summed E-state index contributed by atoms with van der Waals surface area (Å²) < 4.78 is 2.47. The van der Waals surface area contributed by atoms with Crippen LogP contribution in [0.3, 0.4) is 0 Å². The maximum absolute atomic E-state index is 4.61. The van der Waals surface area contributed by atoms with Crippen molar-refractivity contribution in [3.05, 3.63) is 59.4 Å². The van der Waals surface area contributed by atoms with Gasteiger partial charge in [-0.3, -0.25) is 0 Å². The zero-order valence-corrected chi connectivity index (χ0v) is 15.2. The van der Waals surface area contributed by atoms with Gasteiger partial charge >= 0.3 is 0 Å². The molecular formula is C21H20N2S. The van der Waals surface area contributed by atoms with Crippen LogP contribution in [0.15, 0.2) is 42.7 Å². The first-order valence-electron chi connectivity index (χ1n) is 8.29. The molecule has 2 aromatic carbocycles. The molecule has 0 spiro atoms. The average molecular weight is 332 g/mol. The maximum Gasteiger partial charge on any atom is 0.116 e. The van der Waals surface area contributed by atoms with E-state index in [-0.39, 0.29) is 0 Å². The second kappa shape index (κ2) is 5.67. The Labute approximate surface area is 146 Å². The van der Waals surface area contributed by atoms with E-state index in [2.05, 4.69) is 74.1 Å². The fourth-order valence-electron chi connectivity index (χ4n) is 3.27. The monoisotopic (exact) mass is 332 g/mol. The van der Waals surface area contributed by atoms with Crippen LogP contribution < -0.4 is 0 Å². The molecule has 4 aromatic rings. The Morgan fingerprint density at radius 1 is 0.917 bits per heavy atom. The summed E-state index contributed by atoms with van der Waals surface area (Å²) in [6, 6.07) is 13.3. The molecule has 0 saturated heterocycles. The number of rotatable bonds is 2. The molecule has 0 aliphatic carbocycles. The highest BCUT2D eigenvalue weighted by molar-refractivity contribution is 7.26. The van der Waals surface area contributed by atoms with Crippen LogP contribution in [-0.2, 0) is 0 Å². The summed E-state index contributed by atoms with van der Waals surface area (Å²) in [5.74, 6) is 0.532. The van der Waals surface area contributed by atoms with E-state index in [1.807, 2.05) is 0 Å². The van der Waals surface area contributed by atoms with E-state index in [1.165, 1.54) is 37.0 Å². The molecule has 0 aliphatic rings. The molecule has 0 radical (unpaired) electrons. The summed E-state index contributed by atoms with van der Waals surface area (Å²) in [4.78, 5) is 9.19. The maximum atomic E-state index is 4.61. The second-order valence-corrected chi connectivity index (χ2v) is 7.84. The average Bonchev–Trinajstić information content (AvgIpc) is 2.91. The minimum Gasteiger partial charge on any atom is -0.235 e.